The number of aryl methyl sites for hydroxylation is 1. The van der Waals surface area contributed by atoms with Crippen molar-refractivity contribution in [3.05, 3.63) is 77.4 Å². The van der Waals surface area contributed by atoms with Crippen LogP contribution in [0.25, 0.3) is 5.69 Å². The zero-order valence-corrected chi connectivity index (χ0v) is 21.2. The van der Waals surface area contributed by atoms with Crippen LogP contribution in [-0.2, 0) is 0 Å². The van der Waals surface area contributed by atoms with Gasteiger partial charge in [-0.05, 0) is 94.4 Å². The van der Waals surface area contributed by atoms with E-state index in [1.807, 2.05) is 18.3 Å². The molecule has 6 heteroatoms. The van der Waals surface area contributed by atoms with Crippen LogP contribution >= 0.6 is 12.2 Å². The Labute approximate surface area is 203 Å². The molecular weight excluding hydrogens is 426 g/mol. The zero-order chi connectivity index (χ0) is 23.5. The summed E-state index contributed by atoms with van der Waals surface area (Å²) in [4.78, 5) is 9.37. The van der Waals surface area contributed by atoms with Gasteiger partial charge in [0.05, 0.1) is 17.8 Å². The molecule has 0 aliphatic carbocycles. The highest BCUT2D eigenvalue weighted by atomic mass is 32.1. The maximum atomic E-state index is 5.77. The van der Waals surface area contributed by atoms with Gasteiger partial charge in [0.15, 0.2) is 5.11 Å². The lowest BCUT2D eigenvalue weighted by molar-refractivity contribution is 0.316. The van der Waals surface area contributed by atoms with Crippen molar-refractivity contribution in [1.29, 1.82) is 0 Å². The third-order valence-electron chi connectivity index (χ3n) is 6.69. The monoisotopic (exact) mass is 461 g/mol. The summed E-state index contributed by atoms with van der Waals surface area (Å²) >= 11 is 5.77. The van der Waals surface area contributed by atoms with Crippen molar-refractivity contribution in [3.8, 4) is 5.69 Å². The molecule has 1 aromatic carbocycles. The van der Waals surface area contributed by atoms with E-state index in [4.69, 9.17) is 12.2 Å². The Kier molecular flexibility index (Phi) is 7.03. The number of rotatable bonds is 8. The van der Waals surface area contributed by atoms with Crippen molar-refractivity contribution in [2.45, 2.75) is 53.1 Å². The maximum Gasteiger partial charge on any atom is 0.170 e. The number of aromatic nitrogens is 2. The van der Waals surface area contributed by atoms with Crippen molar-refractivity contribution in [2.24, 2.45) is 0 Å². The molecule has 0 spiro atoms. The molecule has 1 aliphatic rings. The molecule has 1 aliphatic heterocycles. The van der Waals surface area contributed by atoms with E-state index in [1.165, 1.54) is 28.3 Å². The smallest absolute Gasteiger partial charge is 0.170 e. The lowest BCUT2D eigenvalue weighted by Crippen LogP contribution is -2.30. The summed E-state index contributed by atoms with van der Waals surface area (Å²) in [5.74, 6) is 0. The second kappa shape index (κ2) is 9.96. The first-order valence-electron chi connectivity index (χ1n) is 12.0. The number of hydrogen-bond donors (Lipinski definition) is 1. The Morgan fingerprint density at radius 2 is 1.76 bits per heavy atom. The average molecular weight is 462 g/mol. The standard InChI is InChI=1S/C27H35N5S/c1-6-17-31-26(25(29-27(31)33)24-11-9-10-16-28-24)23-18-19(4)32(20(23)5)22-14-12-21(13-15-22)30(7-2)8-3/h9-16,18,25-26H,6-8,17H2,1-5H3,(H,29,33)/t25-,26-/m0/s1. The number of nitrogens with zero attached hydrogens (tertiary/aromatic N) is 4. The predicted molar refractivity (Wildman–Crippen MR) is 141 cm³/mol. The number of thiocarbonyl (C=S) groups is 1. The van der Waals surface area contributed by atoms with Gasteiger partial charge in [-0.2, -0.15) is 0 Å². The predicted octanol–water partition coefficient (Wildman–Crippen LogP) is 5.72. The Balaban J connectivity index is 1.75. The maximum absolute atomic E-state index is 5.77. The minimum absolute atomic E-state index is 0.0317. The van der Waals surface area contributed by atoms with E-state index >= 15 is 0 Å². The fourth-order valence-corrected chi connectivity index (χ4v) is 5.44. The van der Waals surface area contributed by atoms with Crippen LogP contribution in [0, 0.1) is 13.8 Å². The number of anilines is 1. The van der Waals surface area contributed by atoms with E-state index in [0.29, 0.717) is 0 Å². The third-order valence-corrected chi connectivity index (χ3v) is 7.04. The summed E-state index contributed by atoms with van der Waals surface area (Å²) < 4.78 is 2.36. The van der Waals surface area contributed by atoms with Crippen LogP contribution in [0.1, 0.15) is 61.9 Å². The highest BCUT2D eigenvalue weighted by Gasteiger charge is 2.40. The molecule has 0 unspecified atom stereocenters. The summed E-state index contributed by atoms with van der Waals surface area (Å²) in [6.45, 7) is 14.0. The molecule has 0 bridgehead atoms. The van der Waals surface area contributed by atoms with E-state index in [2.05, 4.69) is 95.7 Å². The molecule has 3 aromatic rings. The number of hydrogen-bond acceptors (Lipinski definition) is 3. The van der Waals surface area contributed by atoms with Gasteiger partial charge in [0.1, 0.15) is 0 Å². The largest absolute Gasteiger partial charge is 0.372 e. The minimum atomic E-state index is 0.0317. The first-order chi connectivity index (χ1) is 16.0. The first kappa shape index (κ1) is 23.3. The second-order valence-corrected chi connectivity index (χ2v) is 9.06. The topological polar surface area (TPSA) is 36.3 Å². The third kappa shape index (κ3) is 4.36. The zero-order valence-electron chi connectivity index (χ0n) is 20.4. The first-order valence-corrected chi connectivity index (χ1v) is 12.4. The summed E-state index contributed by atoms with van der Waals surface area (Å²) in [5.41, 5.74) is 7.26. The molecule has 0 saturated carbocycles. The quantitative estimate of drug-likeness (QED) is 0.434. The van der Waals surface area contributed by atoms with Crippen molar-refractivity contribution in [3.63, 3.8) is 0 Å². The van der Waals surface area contributed by atoms with Crippen molar-refractivity contribution in [2.75, 3.05) is 24.5 Å². The van der Waals surface area contributed by atoms with Gasteiger partial charge in [-0.25, -0.2) is 0 Å². The van der Waals surface area contributed by atoms with Crippen LogP contribution in [0.5, 0.6) is 0 Å². The summed E-state index contributed by atoms with van der Waals surface area (Å²) in [6.07, 6.45) is 2.90. The van der Waals surface area contributed by atoms with Crippen LogP contribution in [0.3, 0.4) is 0 Å². The molecule has 174 valence electrons. The molecule has 5 nitrogen and oxygen atoms in total. The average Bonchev–Trinajstić information content (AvgIpc) is 3.31. The molecule has 33 heavy (non-hydrogen) atoms. The van der Waals surface area contributed by atoms with Gasteiger partial charge in [0, 0.05) is 48.6 Å². The Morgan fingerprint density at radius 1 is 1.03 bits per heavy atom. The van der Waals surface area contributed by atoms with Gasteiger partial charge in [0.2, 0.25) is 0 Å². The summed E-state index contributed by atoms with van der Waals surface area (Å²) in [7, 11) is 0. The van der Waals surface area contributed by atoms with E-state index < -0.39 is 0 Å². The Morgan fingerprint density at radius 3 is 2.36 bits per heavy atom. The van der Waals surface area contributed by atoms with Gasteiger partial charge in [-0.1, -0.05) is 13.0 Å². The molecule has 3 heterocycles. The van der Waals surface area contributed by atoms with Crippen molar-refractivity contribution in [1.82, 2.24) is 19.8 Å². The molecule has 4 rings (SSSR count). The van der Waals surface area contributed by atoms with E-state index in [-0.39, 0.29) is 12.1 Å². The van der Waals surface area contributed by atoms with Crippen LogP contribution in [-0.4, -0.2) is 39.2 Å². The number of nitrogens with one attached hydrogen (secondary N) is 1. The highest BCUT2D eigenvalue weighted by molar-refractivity contribution is 7.80. The molecule has 0 radical (unpaired) electrons. The van der Waals surface area contributed by atoms with Crippen LogP contribution in [0.2, 0.25) is 0 Å². The van der Waals surface area contributed by atoms with Gasteiger partial charge in [-0.3, -0.25) is 4.98 Å². The lowest BCUT2D eigenvalue weighted by atomic mass is 9.96. The Hall–Kier alpha value is -2.86. The van der Waals surface area contributed by atoms with Gasteiger partial charge < -0.3 is 19.7 Å². The highest BCUT2D eigenvalue weighted by Crippen LogP contribution is 2.41. The fraction of sp³-hybridized carbons (Fsp3) is 0.407. The second-order valence-electron chi connectivity index (χ2n) is 8.67. The van der Waals surface area contributed by atoms with Crippen LogP contribution < -0.4 is 10.2 Å². The molecule has 0 amide bonds. The van der Waals surface area contributed by atoms with Gasteiger partial charge in [0.25, 0.3) is 0 Å². The van der Waals surface area contributed by atoms with E-state index in [0.717, 1.165) is 36.9 Å². The minimum Gasteiger partial charge on any atom is -0.372 e. The van der Waals surface area contributed by atoms with Gasteiger partial charge in [-0.15, -0.1) is 0 Å². The van der Waals surface area contributed by atoms with Crippen molar-refractivity contribution < 1.29 is 0 Å². The van der Waals surface area contributed by atoms with Crippen molar-refractivity contribution >= 4 is 23.0 Å². The van der Waals surface area contributed by atoms with Crippen LogP contribution in [0.15, 0.2) is 54.7 Å². The summed E-state index contributed by atoms with van der Waals surface area (Å²) in [5, 5.41) is 4.37. The molecule has 1 saturated heterocycles. The molecule has 2 atom stereocenters. The molecule has 2 aromatic heterocycles. The van der Waals surface area contributed by atoms with Crippen LogP contribution in [0.4, 0.5) is 5.69 Å². The Bertz CT molecular complexity index is 1090. The molecular formula is C27H35N5S. The molecule has 1 fully saturated rings. The lowest BCUT2D eigenvalue weighted by Gasteiger charge is -2.28. The van der Waals surface area contributed by atoms with E-state index in [1.54, 1.807) is 0 Å². The number of pyridine rings is 1. The summed E-state index contributed by atoms with van der Waals surface area (Å²) in [6, 6.07) is 17.5. The SMILES string of the molecule is CCCN1C(=S)N[C@@H](c2ccccn2)[C@@H]1c1cc(C)n(-c2ccc(N(CC)CC)cc2)c1C. The van der Waals surface area contributed by atoms with Gasteiger partial charge >= 0.3 is 0 Å². The van der Waals surface area contributed by atoms with E-state index in [9.17, 15) is 0 Å². The normalized spacial score (nSPS) is 18.0. The fourth-order valence-electron chi connectivity index (χ4n) is 5.11. The number of benzene rings is 1. The molecule has 1 N–H and O–H groups in total.